The van der Waals surface area contributed by atoms with Crippen LogP contribution in [0.5, 0.6) is 0 Å². The number of ether oxygens (including phenoxy) is 2. The van der Waals surface area contributed by atoms with Gasteiger partial charge in [0.2, 0.25) is 0 Å². The van der Waals surface area contributed by atoms with Crippen molar-refractivity contribution in [1.29, 1.82) is 0 Å². The monoisotopic (exact) mass is 552 g/mol. The van der Waals surface area contributed by atoms with Gasteiger partial charge in [-0.3, -0.25) is 0 Å². The second-order valence-corrected chi connectivity index (χ2v) is 8.87. The van der Waals surface area contributed by atoms with Crippen LogP contribution in [-0.4, -0.2) is 38.2 Å². The van der Waals surface area contributed by atoms with Gasteiger partial charge in [-0.05, 0) is 78.2 Å². The summed E-state index contributed by atoms with van der Waals surface area (Å²) in [6.45, 7) is 0. The van der Waals surface area contributed by atoms with Crippen molar-refractivity contribution < 1.29 is 28.7 Å². The first kappa shape index (κ1) is 28.4. The van der Waals surface area contributed by atoms with Crippen molar-refractivity contribution in [2.75, 3.05) is 35.5 Å². The van der Waals surface area contributed by atoms with E-state index in [1.165, 1.54) is 26.4 Å². The Bertz CT molecular complexity index is 1430. The van der Waals surface area contributed by atoms with Gasteiger partial charge >= 0.3 is 24.0 Å². The second-order valence-electron chi connectivity index (χ2n) is 8.87. The van der Waals surface area contributed by atoms with Gasteiger partial charge in [-0.1, -0.05) is 36.4 Å². The molecule has 208 valence electrons. The van der Waals surface area contributed by atoms with Crippen LogP contribution in [0.4, 0.5) is 32.3 Å². The van der Waals surface area contributed by atoms with Gasteiger partial charge < -0.3 is 30.7 Å². The molecular formula is C31H28N4O6. The molecule has 4 rings (SSSR count). The maximum absolute atomic E-state index is 12.4. The zero-order valence-corrected chi connectivity index (χ0v) is 22.4. The largest absolute Gasteiger partial charge is 0.465 e. The third kappa shape index (κ3) is 8.17. The average molecular weight is 553 g/mol. The number of hydrogen-bond donors (Lipinski definition) is 4. The molecule has 0 saturated heterocycles. The molecule has 0 saturated carbocycles. The lowest BCUT2D eigenvalue weighted by molar-refractivity contribution is 0.0592. The minimum atomic E-state index is -0.485. The van der Waals surface area contributed by atoms with Gasteiger partial charge in [0.05, 0.1) is 25.3 Å². The van der Waals surface area contributed by atoms with Gasteiger partial charge in [0, 0.05) is 22.7 Å². The second kappa shape index (κ2) is 13.4. The number of amides is 4. The molecule has 10 nitrogen and oxygen atoms in total. The lowest BCUT2D eigenvalue weighted by Crippen LogP contribution is -2.19. The molecule has 4 aromatic rings. The topological polar surface area (TPSA) is 135 Å². The number of anilines is 4. The first-order chi connectivity index (χ1) is 19.8. The highest BCUT2D eigenvalue weighted by Crippen LogP contribution is 2.18. The van der Waals surface area contributed by atoms with Crippen molar-refractivity contribution >= 4 is 46.8 Å². The maximum atomic E-state index is 12.4. The van der Waals surface area contributed by atoms with Gasteiger partial charge in [0.15, 0.2) is 0 Å². The molecule has 4 N–H and O–H groups in total. The fourth-order valence-corrected chi connectivity index (χ4v) is 3.92. The summed E-state index contributed by atoms with van der Waals surface area (Å²) in [6, 6.07) is 26.9. The highest BCUT2D eigenvalue weighted by atomic mass is 16.5. The van der Waals surface area contributed by atoms with Crippen molar-refractivity contribution in [2.45, 2.75) is 6.42 Å². The standard InChI is InChI=1S/C31H28N4O6/c1-40-28(36)22-5-3-7-26(18-22)34-30(38)32-24-13-9-20(10-14-24)17-21-11-15-25(16-12-21)33-31(39)35-27-8-4-6-23(19-27)29(37)41-2/h3-16,18-19H,17H2,1-2H3,(H2,32,34,38)(H2,33,35,39). The van der Waals surface area contributed by atoms with E-state index >= 15 is 0 Å². The van der Waals surface area contributed by atoms with Crippen LogP contribution in [0.25, 0.3) is 0 Å². The Morgan fingerprint density at radius 1 is 0.512 bits per heavy atom. The third-order valence-corrected chi connectivity index (χ3v) is 5.91. The number of rotatable bonds is 8. The van der Waals surface area contributed by atoms with E-state index in [0.717, 1.165) is 11.1 Å². The first-order valence-corrected chi connectivity index (χ1v) is 12.5. The van der Waals surface area contributed by atoms with E-state index in [-0.39, 0.29) is 0 Å². The quantitative estimate of drug-likeness (QED) is 0.194. The van der Waals surface area contributed by atoms with Gasteiger partial charge in [0.25, 0.3) is 0 Å². The lowest BCUT2D eigenvalue weighted by atomic mass is 10.0. The minimum absolute atomic E-state index is 0.337. The Hall–Kier alpha value is -5.64. The van der Waals surface area contributed by atoms with E-state index in [4.69, 9.17) is 9.47 Å². The number of benzene rings is 4. The van der Waals surface area contributed by atoms with Crippen molar-refractivity contribution in [3.8, 4) is 0 Å². The summed E-state index contributed by atoms with van der Waals surface area (Å²) in [7, 11) is 2.59. The van der Waals surface area contributed by atoms with Gasteiger partial charge in [-0.15, -0.1) is 0 Å². The molecular weight excluding hydrogens is 524 g/mol. The van der Waals surface area contributed by atoms with Crippen LogP contribution < -0.4 is 21.3 Å². The molecule has 41 heavy (non-hydrogen) atoms. The predicted octanol–water partition coefficient (Wildman–Crippen LogP) is 6.14. The van der Waals surface area contributed by atoms with Crippen molar-refractivity contribution in [3.63, 3.8) is 0 Å². The summed E-state index contributed by atoms with van der Waals surface area (Å²) in [6.07, 6.45) is 0.652. The van der Waals surface area contributed by atoms with Gasteiger partial charge in [-0.25, -0.2) is 19.2 Å². The normalized spacial score (nSPS) is 10.2. The Morgan fingerprint density at radius 3 is 1.24 bits per heavy atom. The zero-order valence-electron chi connectivity index (χ0n) is 22.4. The molecule has 10 heteroatoms. The van der Waals surface area contributed by atoms with Crippen LogP contribution >= 0.6 is 0 Å². The number of esters is 2. The van der Waals surface area contributed by atoms with E-state index < -0.39 is 24.0 Å². The number of nitrogens with one attached hydrogen (secondary N) is 4. The molecule has 4 aromatic carbocycles. The molecule has 0 aromatic heterocycles. The Kier molecular flexibility index (Phi) is 9.29. The number of urea groups is 2. The Balaban J connectivity index is 1.27. The molecule has 0 fully saturated rings. The third-order valence-electron chi connectivity index (χ3n) is 5.91. The van der Waals surface area contributed by atoms with Crippen LogP contribution in [0.1, 0.15) is 31.8 Å². The molecule has 0 heterocycles. The summed E-state index contributed by atoms with van der Waals surface area (Å²) in [5.41, 5.74) is 4.89. The van der Waals surface area contributed by atoms with E-state index in [0.29, 0.717) is 40.3 Å². The fraction of sp³-hybridized carbons (Fsp3) is 0.0968. The zero-order chi connectivity index (χ0) is 29.2. The fourth-order valence-electron chi connectivity index (χ4n) is 3.92. The summed E-state index contributed by atoms with van der Waals surface area (Å²) in [5, 5.41) is 10.9. The smallest absolute Gasteiger partial charge is 0.337 e. The molecule has 0 spiro atoms. The highest BCUT2D eigenvalue weighted by molar-refractivity contribution is 6.01. The van der Waals surface area contributed by atoms with E-state index in [1.807, 2.05) is 24.3 Å². The van der Waals surface area contributed by atoms with E-state index in [1.54, 1.807) is 60.7 Å². The maximum Gasteiger partial charge on any atom is 0.337 e. The SMILES string of the molecule is COC(=O)c1cccc(NC(=O)Nc2ccc(Cc3ccc(NC(=O)Nc4cccc(C(=O)OC)c4)cc3)cc2)c1. The molecule has 0 bridgehead atoms. The van der Waals surface area contributed by atoms with E-state index in [2.05, 4.69) is 21.3 Å². The summed E-state index contributed by atoms with van der Waals surface area (Å²) in [4.78, 5) is 48.1. The molecule has 4 amide bonds. The van der Waals surface area contributed by atoms with Crippen LogP contribution in [0, 0.1) is 0 Å². The molecule has 0 radical (unpaired) electrons. The Morgan fingerprint density at radius 2 is 0.878 bits per heavy atom. The molecule has 0 aliphatic heterocycles. The number of carbonyl (C=O) groups is 4. The predicted molar refractivity (Wildman–Crippen MR) is 157 cm³/mol. The van der Waals surface area contributed by atoms with Crippen molar-refractivity contribution in [1.82, 2.24) is 0 Å². The summed E-state index contributed by atoms with van der Waals surface area (Å²) in [5.74, 6) is -0.971. The first-order valence-electron chi connectivity index (χ1n) is 12.5. The average Bonchev–Trinajstić information content (AvgIpc) is 2.98. The number of methoxy groups -OCH3 is 2. The van der Waals surface area contributed by atoms with Crippen LogP contribution in [0.15, 0.2) is 97.1 Å². The summed E-state index contributed by atoms with van der Waals surface area (Å²) >= 11 is 0. The van der Waals surface area contributed by atoms with E-state index in [9.17, 15) is 19.2 Å². The van der Waals surface area contributed by atoms with Crippen LogP contribution in [0.2, 0.25) is 0 Å². The van der Waals surface area contributed by atoms with Gasteiger partial charge in [0.1, 0.15) is 0 Å². The highest BCUT2D eigenvalue weighted by Gasteiger charge is 2.10. The van der Waals surface area contributed by atoms with Gasteiger partial charge in [-0.2, -0.15) is 0 Å². The molecule has 0 unspecified atom stereocenters. The molecule has 0 aliphatic rings. The lowest BCUT2D eigenvalue weighted by Gasteiger charge is -2.10. The number of carbonyl (C=O) groups excluding carboxylic acids is 4. The molecule has 0 atom stereocenters. The minimum Gasteiger partial charge on any atom is -0.465 e. The van der Waals surface area contributed by atoms with Crippen LogP contribution in [-0.2, 0) is 15.9 Å². The van der Waals surface area contributed by atoms with Crippen molar-refractivity contribution in [2.24, 2.45) is 0 Å². The summed E-state index contributed by atoms with van der Waals surface area (Å²) < 4.78 is 9.40. The Labute approximate surface area is 236 Å². The van der Waals surface area contributed by atoms with Crippen molar-refractivity contribution in [3.05, 3.63) is 119 Å². The number of hydrogen-bond acceptors (Lipinski definition) is 6. The molecule has 0 aliphatic carbocycles. The van der Waals surface area contributed by atoms with Crippen LogP contribution in [0.3, 0.4) is 0 Å².